The van der Waals surface area contributed by atoms with Crippen molar-refractivity contribution in [1.29, 1.82) is 0 Å². The highest BCUT2D eigenvalue weighted by atomic mass is 35.5. The van der Waals surface area contributed by atoms with Gasteiger partial charge in [-0.15, -0.1) is 0 Å². The van der Waals surface area contributed by atoms with Gasteiger partial charge in [-0.3, -0.25) is 4.99 Å². The van der Waals surface area contributed by atoms with E-state index in [0.29, 0.717) is 17.0 Å². The van der Waals surface area contributed by atoms with Gasteiger partial charge < -0.3 is 19.7 Å². The SMILES string of the molecule is CCC(CNC(=NC)N1CCC2(CCOC2)C1)Oc1ccccc1Cl. The first-order valence-electron chi connectivity index (χ1n) is 9.10. The fourth-order valence-corrected chi connectivity index (χ4v) is 3.79. The highest BCUT2D eigenvalue weighted by molar-refractivity contribution is 6.32. The maximum absolute atomic E-state index is 6.20. The first kappa shape index (κ1) is 18.3. The second-order valence-corrected chi connectivity index (χ2v) is 7.39. The topological polar surface area (TPSA) is 46.1 Å². The number of hydrogen-bond acceptors (Lipinski definition) is 3. The molecule has 2 atom stereocenters. The standard InChI is InChI=1S/C19H28ClN3O2/c1-3-15(25-17-7-5-4-6-16(17)20)12-22-18(21-2)23-10-8-19(13-23)9-11-24-14-19/h4-7,15H,3,8-14H2,1-2H3,(H,21,22). The summed E-state index contributed by atoms with van der Waals surface area (Å²) in [7, 11) is 1.84. The Morgan fingerprint density at radius 1 is 1.44 bits per heavy atom. The molecule has 1 aromatic carbocycles. The van der Waals surface area contributed by atoms with E-state index in [4.69, 9.17) is 21.1 Å². The zero-order valence-corrected chi connectivity index (χ0v) is 15.9. The van der Waals surface area contributed by atoms with Crippen LogP contribution in [0.4, 0.5) is 0 Å². The molecular weight excluding hydrogens is 338 g/mol. The summed E-state index contributed by atoms with van der Waals surface area (Å²) < 4.78 is 11.7. The first-order valence-corrected chi connectivity index (χ1v) is 9.48. The largest absolute Gasteiger partial charge is 0.487 e. The number of halogens is 1. The minimum Gasteiger partial charge on any atom is -0.487 e. The molecule has 2 aliphatic rings. The smallest absolute Gasteiger partial charge is 0.193 e. The summed E-state index contributed by atoms with van der Waals surface area (Å²) >= 11 is 6.20. The van der Waals surface area contributed by atoms with Gasteiger partial charge in [0.15, 0.2) is 5.96 Å². The predicted octanol–water partition coefficient (Wildman–Crippen LogP) is 3.19. The summed E-state index contributed by atoms with van der Waals surface area (Å²) in [5.41, 5.74) is 0.329. The minimum atomic E-state index is 0.0445. The molecule has 2 unspecified atom stereocenters. The Morgan fingerprint density at radius 2 is 2.28 bits per heavy atom. The molecule has 0 amide bonds. The van der Waals surface area contributed by atoms with E-state index >= 15 is 0 Å². The monoisotopic (exact) mass is 365 g/mol. The quantitative estimate of drug-likeness (QED) is 0.643. The second kappa shape index (κ2) is 8.28. The molecule has 6 heteroatoms. The van der Waals surface area contributed by atoms with Gasteiger partial charge in [0.25, 0.3) is 0 Å². The van der Waals surface area contributed by atoms with E-state index in [2.05, 4.69) is 22.1 Å². The van der Waals surface area contributed by atoms with Gasteiger partial charge in [0, 0.05) is 32.2 Å². The molecule has 5 nitrogen and oxygen atoms in total. The molecule has 2 aliphatic heterocycles. The molecule has 2 fully saturated rings. The summed E-state index contributed by atoms with van der Waals surface area (Å²) in [5, 5.41) is 4.12. The van der Waals surface area contributed by atoms with Gasteiger partial charge >= 0.3 is 0 Å². The maximum atomic E-state index is 6.20. The highest BCUT2D eigenvalue weighted by Crippen LogP contribution is 2.38. The Balaban J connectivity index is 1.54. The molecule has 1 spiro atoms. The molecule has 0 radical (unpaired) electrons. The van der Waals surface area contributed by atoms with Gasteiger partial charge in [-0.1, -0.05) is 30.7 Å². The van der Waals surface area contributed by atoms with Crippen molar-refractivity contribution in [3.63, 3.8) is 0 Å². The number of hydrogen-bond donors (Lipinski definition) is 1. The van der Waals surface area contributed by atoms with Crippen LogP contribution in [0.15, 0.2) is 29.3 Å². The molecule has 25 heavy (non-hydrogen) atoms. The number of ether oxygens (including phenoxy) is 2. The summed E-state index contributed by atoms with van der Waals surface area (Å²) in [6.07, 6.45) is 3.28. The van der Waals surface area contributed by atoms with Crippen molar-refractivity contribution in [1.82, 2.24) is 10.2 Å². The lowest BCUT2D eigenvalue weighted by Crippen LogP contribution is -2.45. The fraction of sp³-hybridized carbons (Fsp3) is 0.632. The van der Waals surface area contributed by atoms with Crippen LogP contribution in [-0.4, -0.2) is 56.9 Å². The Kier molecular flexibility index (Phi) is 6.07. The Hall–Kier alpha value is -1.46. The maximum Gasteiger partial charge on any atom is 0.193 e. The van der Waals surface area contributed by atoms with E-state index in [1.54, 1.807) is 0 Å². The number of rotatable bonds is 5. The lowest BCUT2D eigenvalue weighted by atomic mass is 9.87. The molecule has 138 valence electrons. The van der Waals surface area contributed by atoms with Crippen molar-refractivity contribution in [3.05, 3.63) is 29.3 Å². The summed E-state index contributed by atoms with van der Waals surface area (Å²) in [6, 6.07) is 7.60. The number of nitrogens with zero attached hydrogens (tertiary/aromatic N) is 2. The molecule has 2 heterocycles. The summed E-state index contributed by atoms with van der Waals surface area (Å²) in [6.45, 7) is 6.65. The Morgan fingerprint density at radius 3 is 2.96 bits per heavy atom. The molecule has 1 aromatic rings. The van der Waals surface area contributed by atoms with Crippen molar-refractivity contribution < 1.29 is 9.47 Å². The molecule has 1 N–H and O–H groups in total. The van der Waals surface area contributed by atoms with Gasteiger partial charge in [0.1, 0.15) is 11.9 Å². The van der Waals surface area contributed by atoms with E-state index in [1.165, 1.54) is 6.42 Å². The van der Waals surface area contributed by atoms with Crippen LogP contribution in [0, 0.1) is 5.41 Å². The van der Waals surface area contributed by atoms with E-state index < -0.39 is 0 Å². The van der Waals surface area contributed by atoms with Crippen LogP contribution >= 0.6 is 11.6 Å². The van der Waals surface area contributed by atoms with Crippen molar-refractivity contribution in [2.75, 3.05) is 39.9 Å². The third-order valence-electron chi connectivity index (χ3n) is 5.21. The lowest BCUT2D eigenvalue weighted by Gasteiger charge is -2.26. The van der Waals surface area contributed by atoms with Crippen molar-refractivity contribution in [2.45, 2.75) is 32.3 Å². The van der Waals surface area contributed by atoms with E-state index in [1.807, 2.05) is 31.3 Å². The summed E-state index contributed by atoms with van der Waals surface area (Å²) in [5.74, 6) is 1.68. The van der Waals surface area contributed by atoms with Gasteiger partial charge in [0.05, 0.1) is 18.2 Å². The van der Waals surface area contributed by atoms with Gasteiger partial charge in [-0.25, -0.2) is 0 Å². The first-order chi connectivity index (χ1) is 12.2. The lowest BCUT2D eigenvalue weighted by molar-refractivity contribution is 0.156. The highest BCUT2D eigenvalue weighted by Gasteiger charge is 2.42. The number of aliphatic imine (C=N–C) groups is 1. The second-order valence-electron chi connectivity index (χ2n) is 6.98. The third kappa shape index (κ3) is 4.39. The van der Waals surface area contributed by atoms with Crippen molar-refractivity contribution >= 4 is 17.6 Å². The van der Waals surface area contributed by atoms with Crippen LogP contribution in [0.5, 0.6) is 5.75 Å². The van der Waals surface area contributed by atoms with Crippen molar-refractivity contribution in [2.24, 2.45) is 10.4 Å². The van der Waals surface area contributed by atoms with Crippen LogP contribution in [0.2, 0.25) is 5.02 Å². The predicted molar refractivity (Wildman–Crippen MR) is 102 cm³/mol. The summed E-state index contributed by atoms with van der Waals surface area (Å²) in [4.78, 5) is 6.81. The zero-order valence-electron chi connectivity index (χ0n) is 15.1. The van der Waals surface area contributed by atoms with E-state index in [-0.39, 0.29) is 6.10 Å². The molecular formula is C19H28ClN3O2. The van der Waals surface area contributed by atoms with E-state index in [9.17, 15) is 0 Å². The number of nitrogens with one attached hydrogen (secondary N) is 1. The van der Waals surface area contributed by atoms with Crippen LogP contribution in [-0.2, 0) is 4.74 Å². The Labute approximate surface area is 155 Å². The normalized spacial score (nSPS) is 24.8. The number of guanidine groups is 1. The van der Waals surface area contributed by atoms with Gasteiger partial charge in [-0.2, -0.15) is 0 Å². The molecule has 0 bridgehead atoms. The molecule has 2 saturated heterocycles. The molecule has 0 aliphatic carbocycles. The number of benzene rings is 1. The van der Waals surface area contributed by atoms with Crippen molar-refractivity contribution in [3.8, 4) is 5.75 Å². The zero-order chi connectivity index (χ0) is 17.7. The van der Waals surface area contributed by atoms with Gasteiger partial charge in [0.2, 0.25) is 0 Å². The molecule has 0 saturated carbocycles. The van der Waals surface area contributed by atoms with Gasteiger partial charge in [-0.05, 0) is 31.4 Å². The minimum absolute atomic E-state index is 0.0445. The van der Waals surface area contributed by atoms with Crippen LogP contribution in [0.1, 0.15) is 26.2 Å². The van der Waals surface area contributed by atoms with Crippen LogP contribution < -0.4 is 10.1 Å². The number of likely N-dealkylation sites (tertiary alicyclic amines) is 1. The third-order valence-corrected chi connectivity index (χ3v) is 5.52. The van der Waals surface area contributed by atoms with Crippen LogP contribution in [0.3, 0.4) is 0 Å². The average Bonchev–Trinajstić information content (AvgIpc) is 3.26. The van der Waals surface area contributed by atoms with Crippen LogP contribution in [0.25, 0.3) is 0 Å². The van der Waals surface area contributed by atoms with E-state index in [0.717, 1.165) is 50.9 Å². The molecule has 0 aromatic heterocycles. The average molecular weight is 366 g/mol. The number of para-hydroxylation sites is 1. The Bertz CT molecular complexity index is 602. The molecule has 3 rings (SSSR count). The fourth-order valence-electron chi connectivity index (χ4n) is 3.61.